The van der Waals surface area contributed by atoms with Crippen molar-refractivity contribution in [1.29, 1.82) is 0 Å². The van der Waals surface area contributed by atoms with E-state index >= 15 is 0 Å². The summed E-state index contributed by atoms with van der Waals surface area (Å²) in [5.41, 5.74) is 17.7. The quantitative estimate of drug-likeness (QED) is 0.155. The Morgan fingerprint density at radius 2 is 1.09 bits per heavy atom. The van der Waals surface area contributed by atoms with Crippen molar-refractivity contribution in [1.82, 2.24) is 4.57 Å². The molecule has 278 valence electrons. The minimum absolute atomic E-state index is 0.0520. The molecule has 58 heavy (non-hydrogen) atoms. The first kappa shape index (κ1) is 34.5. The van der Waals surface area contributed by atoms with E-state index in [2.05, 4.69) is 208 Å². The normalized spacial score (nSPS) is 13.0. The van der Waals surface area contributed by atoms with Crippen molar-refractivity contribution in [3.63, 3.8) is 0 Å². The van der Waals surface area contributed by atoms with Gasteiger partial charge in [-0.05, 0) is 138 Å². The van der Waals surface area contributed by atoms with Crippen molar-refractivity contribution in [3.8, 4) is 50.2 Å². The number of aryl methyl sites for hydroxylation is 1. The van der Waals surface area contributed by atoms with Gasteiger partial charge < -0.3 is 4.57 Å². The van der Waals surface area contributed by atoms with Crippen LogP contribution in [0.25, 0.3) is 99.5 Å². The van der Waals surface area contributed by atoms with E-state index in [0.29, 0.717) is 0 Å². The second-order valence-electron chi connectivity index (χ2n) is 17.4. The first-order valence-electron chi connectivity index (χ1n) is 20.7. The number of aromatic nitrogens is 1. The Bertz CT molecular complexity index is 3200. The summed E-state index contributed by atoms with van der Waals surface area (Å²) >= 11 is 0. The van der Waals surface area contributed by atoms with Gasteiger partial charge in [-0.2, -0.15) is 0 Å². The predicted molar refractivity (Wildman–Crippen MR) is 250 cm³/mol. The van der Waals surface area contributed by atoms with E-state index in [4.69, 9.17) is 0 Å². The summed E-state index contributed by atoms with van der Waals surface area (Å²) in [5, 5.41) is 9.20. The van der Waals surface area contributed by atoms with E-state index < -0.39 is 0 Å². The van der Waals surface area contributed by atoms with Crippen molar-refractivity contribution in [2.45, 2.75) is 46.0 Å². The Kier molecular flexibility index (Phi) is 7.85. The highest BCUT2D eigenvalue weighted by Gasteiger charge is 2.23. The molecule has 11 rings (SSSR count). The van der Waals surface area contributed by atoms with Crippen molar-refractivity contribution < 1.29 is 0 Å². The molecule has 1 heterocycles. The highest BCUT2D eigenvalue weighted by molar-refractivity contribution is 6.28. The Labute approximate surface area is 340 Å². The molecule has 1 aliphatic rings. The summed E-state index contributed by atoms with van der Waals surface area (Å²) in [6.07, 6.45) is 6.73. The van der Waals surface area contributed by atoms with Crippen LogP contribution >= 0.6 is 0 Å². The zero-order chi connectivity index (χ0) is 39.1. The van der Waals surface area contributed by atoms with Gasteiger partial charge in [0, 0.05) is 22.3 Å². The van der Waals surface area contributed by atoms with Gasteiger partial charge in [0.2, 0.25) is 0 Å². The minimum Gasteiger partial charge on any atom is -0.313 e. The molecule has 1 nitrogen and oxygen atoms in total. The lowest BCUT2D eigenvalue weighted by molar-refractivity contribution is 0.591. The molecule has 0 bridgehead atoms. The van der Waals surface area contributed by atoms with Gasteiger partial charge in [-0.3, -0.25) is 0 Å². The fourth-order valence-corrected chi connectivity index (χ4v) is 9.57. The number of allylic oxidation sites excluding steroid dienone is 1. The van der Waals surface area contributed by atoms with Gasteiger partial charge in [-0.25, -0.2) is 0 Å². The predicted octanol–water partition coefficient (Wildman–Crippen LogP) is 15.8. The van der Waals surface area contributed by atoms with E-state index in [-0.39, 0.29) is 5.41 Å². The fraction of sp³-hybridized carbons (Fsp3) is 0.123. The van der Waals surface area contributed by atoms with Crippen molar-refractivity contribution in [2.75, 3.05) is 0 Å². The molecule has 0 saturated heterocycles. The first-order valence-corrected chi connectivity index (χ1v) is 20.7. The molecule has 0 aliphatic heterocycles. The number of benzene rings is 9. The van der Waals surface area contributed by atoms with Gasteiger partial charge >= 0.3 is 0 Å². The lowest BCUT2D eigenvalue weighted by Gasteiger charge is -2.23. The summed E-state index contributed by atoms with van der Waals surface area (Å²) in [5.74, 6) is 0. The second kappa shape index (κ2) is 13.2. The molecule has 1 heteroatoms. The highest BCUT2D eigenvalue weighted by Crippen LogP contribution is 2.46. The van der Waals surface area contributed by atoms with E-state index in [1.165, 1.54) is 116 Å². The van der Waals surface area contributed by atoms with Crippen molar-refractivity contribution in [3.05, 3.63) is 192 Å². The molecule has 0 fully saturated rings. The van der Waals surface area contributed by atoms with E-state index in [1.54, 1.807) is 0 Å². The van der Waals surface area contributed by atoms with Crippen LogP contribution in [0, 0.1) is 6.92 Å². The average molecular weight is 744 g/mol. The maximum absolute atomic E-state index is 2.55. The third-order valence-electron chi connectivity index (χ3n) is 12.6. The third kappa shape index (κ3) is 5.60. The van der Waals surface area contributed by atoms with Crippen molar-refractivity contribution in [2.24, 2.45) is 0 Å². The standard InChI is InChI=1S/C57H45N/c1-36-18-20-40(21-19-36)51-35-52(50-29-27-42-32-45(57(2,3)4)31-41-26-28-49(51)56(50)55(41)42)44-30-43(39-24-22-38(23-25-39)37-12-6-5-7-13-37)33-46(34-44)58-53-16-10-8-14-47(53)48-15-9-11-17-54(48)58/h5-10,12-16,18-35H,11,17H2,1-4H3. The molecule has 0 spiro atoms. The lowest BCUT2D eigenvalue weighted by Crippen LogP contribution is -2.10. The van der Waals surface area contributed by atoms with E-state index in [9.17, 15) is 0 Å². The summed E-state index contributed by atoms with van der Waals surface area (Å²) in [7, 11) is 0. The van der Waals surface area contributed by atoms with Gasteiger partial charge in [0.05, 0.1) is 5.52 Å². The average Bonchev–Trinajstić information content (AvgIpc) is 3.60. The Hall–Kier alpha value is -6.70. The van der Waals surface area contributed by atoms with Gasteiger partial charge in [-0.15, -0.1) is 0 Å². The van der Waals surface area contributed by atoms with Crippen LogP contribution in [0.3, 0.4) is 0 Å². The van der Waals surface area contributed by atoms with Crippen LogP contribution in [-0.2, 0) is 11.8 Å². The highest BCUT2D eigenvalue weighted by atomic mass is 15.0. The monoisotopic (exact) mass is 743 g/mol. The Balaban J connectivity index is 1.22. The van der Waals surface area contributed by atoms with Crippen LogP contribution in [0.15, 0.2) is 170 Å². The van der Waals surface area contributed by atoms with Crippen LogP contribution in [0.5, 0.6) is 0 Å². The van der Waals surface area contributed by atoms with E-state index in [1.807, 2.05) is 0 Å². The zero-order valence-corrected chi connectivity index (χ0v) is 33.6. The van der Waals surface area contributed by atoms with Gasteiger partial charge in [-0.1, -0.05) is 172 Å². The molecule has 0 saturated carbocycles. The summed E-state index contributed by atoms with van der Waals surface area (Å²) in [6, 6.07) is 61.9. The largest absolute Gasteiger partial charge is 0.313 e. The van der Waals surface area contributed by atoms with Gasteiger partial charge in [0.25, 0.3) is 0 Å². The number of fused-ring (bicyclic) bond motifs is 3. The summed E-state index contributed by atoms with van der Waals surface area (Å²) in [6.45, 7) is 9.11. The summed E-state index contributed by atoms with van der Waals surface area (Å²) in [4.78, 5) is 0. The van der Waals surface area contributed by atoms with E-state index in [0.717, 1.165) is 12.8 Å². The van der Waals surface area contributed by atoms with Crippen LogP contribution in [0.1, 0.15) is 49.6 Å². The number of hydrogen-bond donors (Lipinski definition) is 0. The molecule has 0 atom stereocenters. The third-order valence-corrected chi connectivity index (χ3v) is 12.6. The molecule has 10 aromatic rings. The van der Waals surface area contributed by atoms with Gasteiger partial charge in [0.1, 0.15) is 0 Å². The molecule has 1 aromatic heterocycles. The molecule has 0 amide bonds. The van der Waals surface area contributed by atoms with Crippen LogP contribution in [0.4, 0.5) is 0 Å². The molecular formula is C57H45N. The maximum Gasteiger partial charge on any atom is 0.0537 e. The molecule has 0 radical (unpaired) electrons. The second-order valence-corrected chi connectivity index (χ2v) is 17.4. The molecule has 9 aromatic carbocycles. The number of hydrogen-bond acceptors (Lipinski definition) is 0. The number of rotatable bonds is 5. The molecular weight excluding hydrogens is 699 g/mol. The zero-order valence-electron chi connectivity index (χ0n) is 33.6. The fourth-order valence-electron chi connectivity index (χ4n) is 9.57. The number of nitrogens with zero attached hydrogens (tertiary/aromatic N) is 1. The maximum atomic E-state index is 2.55. The lowest BCUT2D eigenvalue weighted by atomic mass is 9.81. The topological polar surface area (TPSA) is 4.93 Å². The van der Waals surface area contributed by atoms with Crippen LogP contribution in [0.2, 0.25) is 0 Å². The van der Waals surface area contributed by atoms with Crippen LogP contribution < -0.4 is 0 Å². The number of para-hydroxylation sites is 1. The Morgan fingerprint density at radius 1 is 0.483 bits per heavy atom. The molecule has 0 unspecified atom stereocenters. The molecule has 0 N–H and O–H groups in total. The summed E-state index contributed by atoms with van der Waals surface area (Å²) < 4.78 is 2.55. The van der Waals surface area contributed by atoms with Crippen molar-refractivity contribution >= 4 is 49.3 Å². The smallest absolute Gasteiger partial charge is 0.0537 e. The molecule has 1 aliphatic carbocycles. The minimum atomic E-state index is 0.0520. The SMILES string of the molecule is Cc1ccc(-c2cc(-c3cc(-c4ccc(-c5ccccc5)cc4)cc(-n4c5c(c6ccccc64)C=CCC5)c3)c3ccc4cc(C(C)(C)C)cc5ccc2c3c54)cc1. The van der Waals surface area contributed by atoms with Crippen LogP contribution in [-0.4, -0.2) is 4.57 Å². The Morgan fingerprint density at radius 3 is 1.79 bits per heavy atom. The first-order chi connectivity index (χ1) is 28.3. The van der Waals surface area contributed by atoms with Gasteiger partial charge in [0.15, 0.2) is 0 Å².